The van der Waals surface area contributed by atoms with Gasteiger partial charge >= 0.3 is 0 Å². The highest BCUT2D eigenvalue weighted by atomic mass is 32.1. The number of nitrogens with zero attached hydrogens (tertiary/aromatic N) is 2. The number of hydrogen-bond acceptors (Lipinski definition) is 4. The lowest BCUT2D eigenvalue weighted by Crippen LogP contribution is -2.30. The molecule has 118 valence electrons. The van der Waals surface area contributed by atoms with Crippen LogP contribution in [0.5, 0.6) is 0 Å². The number of fused-ring (bicyclic) bond motifs is 1. The number of carbonyl (C=O) groups is 1. The zero-order valence-corrected chi connectivity index (χ0v) is 14.0. The molecule has 3 rings (SSSR count). The summed E-state index contributed by atoms with van der Waals surface area (Å²) in [5.41, 5.74) is 2.63. The summed E-state index contributed by atoms with van der Waals surface area (Å²) in [6.07, 6.45) is 0. The Morgan fingerprint density at radius 2 is 1.91 bits per heavy atom. The molecule has 0 saturated heterocycles. The molecule has 0 spiro atoms. The van der Waals surface area contributed by atoms with E-state index in [1.807, 2.05) is 55.5 Å². The molecule has 23 heavy (non-hydrogen) atoms. The van der Waals surface area contributed by atoms with Crippen molar-refractivity contribution in [3.8, 4) is 0 Å². The Hall–Kier alpha value is -2.24. The van der Waals surface area contributed by atoms with Crippen LogP contribution in [0.2, 0.25) is 0 Å². The van der Waals surface area contributed by atoms with E-state index in [1.54, 1.807) is 12.0 Å². The van der Waals surface area contributed by atoms with Crippen molar-refractivity contribution in [1.82, 2.24) is 4.98 Å². The topological polar surface area (TPSA) is 42.4 Å². The third kappa shape index (κ3) is 3.25. The smallest absolute Gasteiger partial charge is 0.260 e. The Morgan fingerprint density at radius 3 is 2.57 bits per heavy atom. The Balaban J connectivity index is 1.88. The van der Waals surface area contributed by atoms with Crippen molar-refractivity contribution < 1.29 is 9.53 Å². The molecule has 1 aromatic heterocycles. The molecule has 0 aliphatic carbocycles. The molecule has 5 heteroatoms. The van der Waals surface area contributed by atoms with E-state index in [4.69, 9.17) is 4.74 Å². The first kappa shape index (κ1) is 15.6. The highest BCUT2D eigenvalue weighted by molar-refractivity contribution is 7.22. The van der Waals surface area contributed by atoms with Gasteiger partial charge in [-0.1, -0.05) is 35.6 Å². The van der Waals surface area contributed by atoms with Gasteiger partial charge < -0.3 is 4.74 Å². The molecule has 0 unspecified atom stereocenters. The van der Waals surface area contributed by atoms with Crippen molar-refractivity contribution in [3.05, 3.63) is 59.7 Å². The number of ether oxygens (including phenoxy) is 1. The molecule has 0 N–H and O–H groups in total. The monoisotopic (exact) mass is 326 g/mol. The van der Waals surface area contributed by atoms with Gasteiger partial charge in [0.05, 0.1) is 16.8 Å². The number of thiazole rings is 1. The summed E-state index contributed by atoms with van der Waals surface area (Å²) >= 11 is 1.54. The number of hydrogen-bond donors (Lipinski definition) is 0. The zero-order valence-electron chi connectivity index (χ0n) is 13.2. The van der Waals surface area contributed by atoms with E-state index >= 15 is 0 Å². The van der Waals surface area contributed by atoms with Crippen LogP contribution in [0.4, 0.5) is 5.13 Å². The molecule has 4 nitrogen and oxygen atoms in total. The van der Waals surface area contributed by atoms with Gasteiger partial charge in [0.2, 0.25) is 0 Å². The van der Waals surface area contributed by atoms with Crippen LogP contribution in [0.3, 0.4) is 0 Å². The molecule has 1 amide bonds. The molecule has 2 aromatic carbocycles. The van der Waals surface area contributed by atoms with Gasteiger partial charge in [-0.25, -0.2) is 4.98 Å². The largest absolute Gasteiger partial charge is 0.380 e. The number of rotatable bonds is 5. The van der Waals surface area contributed by atoms with Gasteiger partial charge in [0.15, 0.2) is 5.13 Å². The van der Waals surface area contributed by atoms with Crippen LogP contribution < -0.4 is 4.90 Å². The minimum atomic E-state index is -0.0319. The van der Waals surface area contributed by atoms with Crippen LogP contribution in [0, 0.1) is 0 Å². The first-order chi connectivity index (χ1) is 11.2. The van der Waals surface area contributed by atoms with E-state index in [2.05, 4.69) is 4.98 Å². The minimum absolute atomic E-state index is 0.0319. The first-order valence-electron chi connectivity index (χ1n) is 7.48. The Bertz CT molecular complexity index is 778. The first-order valence-corrected chi connectivity index (χ1v) is 8.30. The van der Waals surface area contributed by atoms with Gasteiger partial charge in [0.25, 0.3) is 5.91 Å². The molecule has 3 aromatic rings. The summed E-state index contributed by atoms with van der Waals surface area (Å²) in [6, 6.07) is 15.4. The average molecular weight is 326 g/mol. The van der Waals surface area contributed by atoms with Crippen molar-refractivity contribution >= 4 is 32.6 Å². The van der Waals surface area contributed by atoms with Crippen LogP contribution >= 0.6 is 11.3 Å². The molecule has 0 saturated carbocycles. The highest BCUT2D eigenvalue weighted by Crippen LogP contribution is 2.29. The third-order valence-electron chi connectivity index (χ3n) is 3.59. The highest BCUT2D eigenvalue weighted by Gasteiger charge is 2.19. The van der Waals surface area contributed by atoms with Crippen LogP contribution in [0.1, 0.15) is 22.8 Å². The van der Waals surface area contributed by atoms with Gasteiger partial charge in [0.1, 0.15) is 0 Å². The number of aromatic nitrogens is 1. The van der Waals surface area contributed by atoms with Crippen LogP contribution in [0.15, 0.2) is 48.5 Å². The summed E-state index contributed by atoms with van der Waals surface area (Å²) in [6.45, 7) is 3.09. The second-order valence-corrected chi connectivity index (χ2v) is 6.15. The van der Waals surface area contributed by atoms with Gasteiger partial charge in [-0.3, -0.25) is 9.69 Å². The summed E-state index contributed by atoms with van der Waals surface area (Å²) in [5, 5.41) is 0.736. The average Bonchev–Trinajstić information content (AvgIpc) is 3.00. The van der Waals surface area contributed by atoms with E-state index in [-0.39, 0.29) is 5.91 Å². The maximum Gasteiger partial charge on any atom is 0.260 e. The normalized spacial score (nSPS) is 10.9. The Kier molecular flexibility index (Phi) is 4.69. The van der Waals surface area contributed by atoms with Crippen molar-refractivity contribution in [1.29, 1.82) is 0 Å². The van der Waals surface area contributed by atoms with E-state index in [1.165, 1.54) is 11.3 Å². The minimum Gasteiger partial charge on any atom is -0.380 e. The van der Waals surface area contributed by atoms with Crippen molar-refractivity contribution in [2.24, 2.45) is 0 Å². The standard InChI is InChI=1S/C18H18N2O2S/c1-3-20(18-19-15-6-4-5-7-16(15)23-18)17(21)14-10-8-13(9-11-14)12-22-2/h4-11H,3,12H2,1-2H3. The molecule has 0 radical (unpaired) electrons. The van der Waals surface area contributed by atoms with Gasteiger partial charge in [-0.2, -0.15) is 0 Å². The summed E-state index contributed by atoms with van der Waals surface area (Å²) in [5.74, 6) is -0.0319. The SMILES string of the molecule is CCN(C(=O)c1ccc(COC)cc1)c1nc2ccccc2s1. The Labute approximate surface area is 139 Å². The van der Waals surface area contributed by atoms with E-state index in [0.717, 1.165) is 20.9 Å². The zero-order chi connectivity index (χ0) is 16.2. The maximum atomic E-state index is 12.8. The number of benzene rings is 2. The van der Waals surface area contributed by atoms with Crippen LogP contribution in [0.25, 0.3) is 10.2 Å². The summed E-state index contributed by atoms with van der Waals surface area (Å²) in [4.78, 5) is 19.1. The van der Waals surface area contributed by atoms with Crippen molar-refractivity contribution in [2.45, 2.75) is 13.5 Å². The Morgan fingerprint density at radius 1 is 1.17 bits per heavy atom. The lowest BCUT2D eigenvalue weighted by atomic mass is 10.1. The molecule has 0 atom stereocenters. The molecular weight excluding hydrogens is 308 g/mol. The van der Waals surface area contributed by atoms with E-state index in [0.29, 0.717) is 18.7 Å². The quantitative estimate of drug-likeness (QED) is 0.708. The van der Waals surface area contributed by atoms with Crippen molar-refractivity contribution in [2.75, 3.05) is 18.6 Å². The molecule has 1 heterocycles. The van der Waals surface area contributed by atoms with Crippen LogP contribution in [-0.2, 0) is 11.3 Å². The number of carbonyl (C=O) groups excluding carboxylic acids is 1. The fraction of sp³-hybridized carbons (Fsp3) is 0.222. The van der Waals surface area contributed by atoms with Crippen LogP contribution in [-0.4, -0.2) is 24.5 Å². The number of anilines is 1. The maximum absolute atomic E-state index is 12.8. The predicted octanol–water partition coefficient (Wildman–Crippen LogP) is 4.11. The number of methoxy groups -OCH3 is 1. The second kappa shape index (κ2) is 6.89. The van der Waals surface area contributed by atoms with E-state index in [9.17, 15) is 4.79 Å². The third-order valence-corrected chi connectivity index (χ3v) is 4.65. The van der Waals surface area contributed by atoms with Gasteiger partial charge in [-0.15, -0.1) is 0 Å². The number of amides is 1. The second-order valence-electron chi connectivity index (χ2n) is 5.14. The van der Waals surface area contributed by atoms with E-state index < -0.39 is 0 Å². The molecule has 0 aliphatic rings. The summed E-state index contributed by atoms with van der Waals surface area (Å²) < 4.78 is 6.18. The lowest BCUT2D eigenvalue weighted by molar-refractivity contribution is 0.0988. The lowest BCUT2D eigenvalue weighted by Gasteiger charge is -2.17. The fourth-order valence-corrected chi connectivity index (χ4v) is 3.44. The van der Waals surface area contributed by atoms with Crippen molar-refractivity contribution in [3.63, 3.8) is 0 Å². The molecule has 0 bridgehead atoms. The summed E-state index contributed by atoms with van der Waals surface area (Å²) in [7, 11) is 1.66. The molecular formula is C18H18N2O2S. The predicted molar refractivity (Wildman–Crippen MR) is 94.1 cm³/mol. The van der Waals surface area contributed by atoms with Gasteiger partial charge in [0, 0.05) is 19.2 Å². The number of para-hydroxylation sites is 1. The molecule has 0 aliphatic heterocycles. The molecule has 0 fully saturated rings. The van der Waals surface area contributed by atoms with Gasteiger partial charge in [-0.05, 0) is 36.8 Å². The fourth-order valence-electron chi connectivity index (χ4n) is 2.41.